The van der Waals surface area contributed by atoms with Crippen molar-refractivity contribution in [3.05, 3.63) is 44.9 Å². The first kappa shape index (κ1) is 21.2. The molecule has 0 aromatic carbocycles. The number of aromatic nitrogens is 1. The molecule has 146 valence electrons. The molecule has 0 aliphatic heterocycles. The second kappa shape index (κ2) is 9.75. The number of thioether (sulfide) groups is 1. The molecule has 0 amide bonds. The number of nitrogens with one attached hydrogen (secondary N) is 1. The van der Waals surface area contributed by atoms with E-state index in [2.05, 4.69) is 4.98 Å². The van der Waals surface area contributed by atoms with Gasteiger partial charge in [-0.15, -0.1) is 23.1 Å². The maximum atomic E-state index is 12.6. The molecule has 8 heteroatoms. The van der Waals surface area contributed by atoms with Crippen molar-refractivity contribution in [2.24, 2.45) is 0 Å². The number of hydrogen-bond donors (Lipinski definition) is 1. The highest BCUT2D eigenvalue weighted by Crippen LogP contribution is 2.21. The molecule has 0 unspecified atom stereocenters. The highest BCUT2D eigenvalue weighted by molar-refractivity contribution is 7.99. The van der Waals surface area contributed by atoms with Crippen molar-refractivity contribution in [3.63, 3.8) is 0 Å². The first-order chi connectivity index (χ1) is 12.8. The molecule has 6 nitrogen and oxygen atoms in total. The van der Waals surface area contributed by atoms with Gasteiger partial charge in [0, 0.05) is 16.3 Å². The summed E-state index contributed by atoms with van der Waals surface area (Å²) in [5.74, 6) is -0.386. The van der Waals surface area contributed by atoms with E-state index in [0.717, 1.165) is 5.75 Å². The Balaban J connectivity index is 1.95. The summed E-state index contributed by atoms with van der Waals surface area (Å²) in [4.78, 5) is 40.8. The highest BCUT2D eigenvalue weighted by Gasteiger charge is 2.27. The summed E-state index contributed by atoms with van der Waals surface area (Å²) < 4.78 is 10.3. The van der Waals surface area contributed by atoms with E-state index in [9.17, 15) is 14.4 Å². The molecular formula is C19H23NO5S2. The SMILES string of the molecule is CCOC(=O)c1c(C)[nH]c(C(=O)[C@@H](C)OC(=O)CSCc2cccs2)c1C. The van der Waals surface area contributed by atoms with Crippen LogP contribution in [0.25, 0.3) is 0 Å². The predicted octanol–water partition coefficient (Wildman–Crippen LogP) is 3.92. The van der Waals surface area contributed by atoms with Crippen LogP contribution in [-0.4, -0.2) is 41.2 Å². The van der Waals surface area contributed by atoms with Gasteiger partial charge >= 0.3 is 11.9 Å². The van der Waals surface area contributed by atoms with Crippen LogP contribution in [-0.2, 0) is 20.0 Å². The van der Waals surface area contributed by atoms with Gasteiger partial charge in [-0.3, -0.25) is 9.59 Å². The van der Waals surface area contributed by atoms with Gasteiger partial charge in [0.15, 0.2) is 6.10 Å². The third-order valence-electron chi connectivity index (χ3n) is 3.89. The van der Waals surface area contributed by atoms with E-state index in [1.807, 2.05) is 17.5 Å². The van der Waals surface area contributed by atoms with Gasteiger partial charge in [-0.2, -0.15) is 0 Å². The maximum absolute atomic E-state index is 12.6. The number of hydrogen-bond acceptors (Lipinski definition) is 7. The van der Waals surface area contributed by atoms with Crippen LogP contribution in [0.3, 0.4) is 0 Å². The summed E-state index contributed by atoms with van der Waals surface area (Å²) in [6.07, 6.45) is -0.938. The van der Waals surface area contributed by atoms with Crippen molar-refractivity contribution in [1.29, 1.82) is 0 Å². The Morgan fingerprint density at radius 1 is 1.30 bits per heavy atom. The second-order valence-corrected chi connectivity index (χ2v) is 7.93. The minimum absolute atomic E-state index is 0.173. The quantitative estimate of drug-likeness (QED) is 0.499. The van der Waals surface area contributed by atoms with E-state index >= 15 is 0 Å². The number of esters is 2. The monoisotopic (exact) mass is 409 g/mol. The lowest BCUT2D eigenvalue weighted by Gasteiger charge is -2.12. The van der Waals surface area contributed by atoms with Gasteiger partial charge in [-0.05, 0) is 44.7 Å². The van der Waals surface area contributed by atoms with E-state index < -0.39 is 18.0 Å². The number of carbonyl (C=O) groups excluding carboxylic acids is 3. The molecule has 0 saturated carbocycles. The summed E-state index contributed by atoms with van der Waals surface area (Å²) in [5, 5.41) is 1.99. The minimum atomic E-state index is -0.938. The minimum Gasteiger partial charge on any atom is -0.462 e. The smallest absolute Gasteiger partial charge is 0.340 e. The van der Waals surface area contributed by atoms with Crippen LogP contribution in [0.2, 0.25) is 0 Å². The molecule has 2 aromatic rings. The first-order valence-corrected chi connectivity index (χ1v) is 10.6. The topological polar surface area (TPSA) is 85.5 Å². The van der Waals surface area contributed by atoms with E-state index in [4.69, 9.17) is 9.47 Å². The molecule has 0 aliphatic carbocycles. The Morgan fingerprint density at radius 2 is 2.04 bits per heavy atom. The molecule has 2 heterocycles. The van der Waals surface area contributed by atoms with E-state index in [1.165, 1.54) is 23.6 Å². The van der Waals surface area contributed by atoms with Gasteiger partial charge in [-0.1, -0.05) is 6.07 Å². The summed E-state index contributed by atoms with van der Waals surface area (Å²) in [6, 6.07) is 3.97. The molecular weight excluding hydrogens is 386 g/mol. The summed E-state index contributed by atoms with van der Waals surface area (Å²) in [5.41, 5.74) is 1.68. The number of Topliss-reactive ketones (excluding diaryl/α,β-unsaturated/α-hetero) is 1. The molecule has 1 N–H and O–H groups in total. The summed E-state index contributed by atoms with van der Waals surface area (Å²) in [6.45, 7) is 6.88. The average molecular weight is 410 g/mol. The number of ketones is 1. The number of H-pyrrole nitrogens is 1. The maximum Gasteiger partial charge on any atom is 0.340 e. The summed E-state index contributed by atoms with van der Waals surface area (Å²) >= 11 is 3.08. The fourth-order valence-electron chi connectivity index (χ4n) is 2.62. The molecule has 0 fully saturated rings. The van der Waals surface area contributed by atoms with Crippen LogP contribution < -0.4 is 0 Å². The van der Waals surface area contributed by atoms with Crippen molar-refractivity contribution >= 4 is 40.8 Å². The van der Waals surface area contributed by atoms with E-state index in [0.29, 0.717) is 16.8 Å². The lowest BCUT2D eigenvalue weighted by Crippen LogP contribution is -2.26. The zero-order valence-corrected chi connectivity index (χ0v) is 17.4. The Labute approximate surface area is 166 Å². The number of aryl methyl sites for hydroxylation is 1. The van der Waals surface area contributed by atoms with Crippen molar-refractivity contribution in [2.45, 2.75) is 39.6 Å². The summed E-state index contributed by atoms with van der Waals surface area (Å²) in [7, 11) is 0. The lowest BCUT2D eigenvalue weighted by atomic mass is 10.1. The van der Waals surface area contributed by atoms with Crippen molar-refractivity contribution in [2.75, 3.05) is 12.4 Å². The zero-order valence-electron chi connectivity index (χ0n) is 15.8. The molecule has 0 aliphatic rings. The number of rotatable bonds is 9. The van der Waals surface area contributed by atoms with E-state index in [-0.39, 0.29) is 23.8 Å². The van der Waals surface area contributed by atoms with Gasteiger partial charge in [-0.25, -0.2) is 4.79 Å². The molecule has 0 bridgehead atoms. The van der Waals surface area contributed by atoms with Crippen LogP contribution in [0.15, 0.2) is 17.5 Å². The standard InChI is InChI=1S/C19H23NO5S2/c1-5-24-19(23)16-11(2)17(20-12(16)3)18(22)13(4)25-15(21)10-26-9-14-7-6-8-27-14/h6-8,13,20H,5,9-10H2,1-4H3/t13-/m1/s1. The number of carbonyl (C=O) groups is 3. The first-order valence-electron chi connectivity index (χ1n) is 8.55. The molecule has 0 spiro atoms. The molecule has 1 atom stereocenters. The lowest BCUT2D eigenvalue weighted by molar-refractivity contribution is -0.143. The van der Waals surface area contributed by atoms with Crippen molar-refractivity contribution in [1.82, 2.24) is 4.98 Å². The third kappa shape index (κ3) is 5.46. The molecule has 0 radical (unpaired) electrons. The predicted molar refractivity (Wildman–Crippen MR) is 107 cm³/mol. The van der Waals surface area contributed by atoms with Crippen molar-refractivity contribution < 1.29 is 23.9 Å². The third-order valence-corrected chi connectivity index (χ3v) is 5.90. The number of thiophene rings is 1. The fourth-order valence-corrected chi connectivity index (χ4v) is 4.27. The largest absolute Gasteiger partial charge is 0.462 e. The van der Waals surface area contributed by atoms with Crippen LogP contribution in [0, 0.1) is 13.8 Å². The fraction of sp³-hybridized carbons (Fsp3) is 0.421. The molecule has 2 aromatic heterocycles. The van der Waals surface area contributed by atoms with Gasteiger partial charge in [0.2, 0.25) is 5.78 Å². The van der Waals surface area contributed by atoms with Crippen LogP contribution in [0.4, 0.5) is 0 Å². The van der Waals surface area contributed by atoms with Crippen LogP contribution in [0.1, 0.15) is 50.8 Å². The normalized spacial score (nSPS) is 11.9. The Kier molecular flexibility index (Phi) is 7.67. The molecule has 2 rings (SSSR count). The Bertz CT molecular complexity index is 810. The van der Waals surface area contributed by atoms with Crippen molar-refractivity contribution in [3.8, 4) is 0 Å². The number of aromatic amines is 1. The molecule has 0 saturated heterocycles. The number of ether oxygens (including phenoxy) is 2. The van der Waals surface area contributed by atoms with E-state index in [1.54, 1.807) is 32.1 Å². The van der Waals surface area contributed by atoms with Crippen LogP contribution >= 0.6 is 23.1 Å². The second-order valence-electron chi connectivity index (χ2n) is 5.91. The molecule has 27 heavy (non-hydrogen) atoms. The van der Waals surface area contributed by atoms with Crippen LogP contribution in [0.5, 0.6) is 0 Å². The van der Waals surface area contributed by atoms with Gasteiger partial charge < -0.3 is 14.5 Å². The van der Waals surface area contributed by atoms with Gasteiger partial charge in [0.05, 0.1) is 23.6 Å². The zero-order chi connectivity index (χ0) is 20.0. The highest BCUT2D eigenvalue weighted by atomic mass is 32.2. The average Bonchev–Trinajstić information content (AvgIpc) is 3.22. The van der Waals surface area contributed by atoms with Gasteiger partial charge in [0.25, 0.3) is 0 Å². The Morgan fingerprint density at radius 3 is 2.67 bits per heavy atom. The van der Waals surface area contributed by atoms with Gasteiger partial charge in [0.1, 0.15) is 0 Å². The Hall–Kier alpha value is -2.06.